The molecule has 5 heteroatoms. The highest BCUT2D eigenvalue weighted by Gasteiger charge is 2.05. The van der Waals surface area contributed by atoms with Crippen molar-refractivity contribution >= 4 is 29.0 Å². The van der Waals surface area contributed by atoms with Crippen LogP contribution in [0.3, 0.4) is 0 Å². The predicted octanol–water partition coefficient (Wildman–Crippen LogP) is 1.35. The maximum atomic E-state index is 10.7. The molecule has 0 amide bonds. The Labute approximate surface area is 86.7 Å². The summed E-state index contributed by atoms with van der Waals surface area (Å²) in [5, 5.41) is 11.6. The van der Waals surface area contributed by atoms with Gasteiger partial charge in [0.25, 0.3) is 0 Å². The van der Waals surface area contributed by atoms with E-state index in [2.05, 4.69) is 17.5 Å². The summed E-state index contributed by atoms with van der Waals surface area (Å²) in [5.41, 5.74) is 7.01. The third-order valence-corrected chi connectivity index (χ3v) is 1.84. The van der Waals surface area contributed by atoms with Gasteiger partial charge in [-0.15, -0.1) is 0 Å². The molecule has 1 aromatic rings. The molecule has 0 unspecified atom stereocenters. The summed E-state index contributed by atoms with van der Waals surface area (Å²) in [7, 11) is 0. The molecule has 0 spiro atoms. The number of anilines is 1. The molecule has 0 saturated heterocycles. The van der Waals surface area contributed by atoms with Gasteiger partial charge in [0.2, 0.25) is 0 Å². The number of aromatic carboxylic acids is 1. The van der Waals surface area contributed by atoms with E-state index in [1.807, 2.05) is 6.92 Å². The van der Waals surface area contributed by atoms with Gasteiger partial charge >= 0.3 is 5.97 Å². The van der Waals surface area contributed by atoms with Gasteiger partial charge in [-0.05, 0) is 36.8 Å². The van der Waals surface area contributed by atoms with Crippen LogP contribution in [0, 0.1) is 6.92 Å². The molecule has 1 rings (SSSR count). The number of nitrogens with one attached hydrogen (secondary N) is 1. The fraction of sp³-hybridized carbons (Fsp3) is 0.111. The van der Waals surface area contributed by atoms with E-state index in [0.717, 1.165) is 5.56 Å². The standard InChI is InChI=1S/C9H10N2O2S/c1-5-2-3-6(8(12)13)4-7(5)11-9(10)14/h2-4H,1H3,(H,12,13)(H3,10,11,14). The lowest BCUT2D eigenvalue weighted by atomic mass is 10.1. The Morgan fingerprint density at radius 1 is 1.57 bits per heavy atom. The largest absolute Gasteiger partial charge is 0.478 e. The summed E-state index contributed by atoms with van der Waals surface area (Å²) >= 11 is 4.67. The Morgan fingerprint density at radius 3 is 2.71 bits per heavy atom. The molecule has 74 valence electrons. The molecule has 0 fully saturated rings. The van der Waals surface area contributed by atoms with Crippen LogP contribution in [-0.4, -0.2) is 16.2 Å². The molecule has 0 heterocycles. The molecule has 4 N–H and O–H groups in total. The second-order valence-electron chi connectivity index (χ2n) is 2.82. The van der Waals surface area contributed by atoms with Gasteiger partial charge in [0.1, 0.15) is 0 Å². The number of carbonyl (C=O) groups is 1. The minimum Gasteiger partial charge on any atom is -0.478 e. The quantitative estimate of drug-likeness (QED) is 0.642. The third-order valence-electron chi connectivity index (χ3n) is 1.74. The molecule has 0 aliphatic carbocycles. The van der Waals surface area contributed by atoms with Crippen LogP contribution in [0.4, 0.5) is 5.69 Å². The second-order valence-corrected chi connectivity index (χ2v) is 3.26. The Balaban J connectivity index is 3.08. The minimum atomic E-state index is -0.976. The van der Waals surface area contributed by atoms with Gasteiger partial charge < -0.3 is 16.2 Å². The van der Waals surface area contributed by atoms with Crippen molar-refractivity contribution in [3.8, 4) is 0 Å². The number of benzene rings is 1. The molecule has 0 saturated carbocycles. The van der Waals surface area contributed by atoms with Gasteiger partial charge in [-0.25, -0.2) is 4.79 Å². The van der Waals surface area contributed by atoms with Crippen LogP contribution < -0.4 is 11.1 Å². The van der Waals surface area contributed by atoms with Gasteiger partial charge in [0, 0.05) is 5.69 Å². The van der Waals surface area contributed by atoms with Crippen LogP contribution >= 0.6 is 12.2 Å². The van der Waals surface area contributed by atoms with Crippen LogP contribution in [0.15, 0.2) is 18.2 Å². The van der Waals surface area contributed by atoms with E-state index in [1.165, 1.54) is 12.1 Å². The highest BCUT2D eigenvalue weighted by Crippen LogP contribution is 2.16. The van der Waals surface area contributed by atoms with Gasteiger partial charge in [0.05, 0.1) is 5.56 Å². The number of aryl methyl sites for hydroxylation is 1. The second kappa shape index (κ2) is 4.06. The zero-order valence-electron chi connectivity index (χ0n) is 7.57. The maximum absolute atomic E-state index is 10.7. The van der Waals surface area contributed by atoms with E-state index in [9.17, 15) is 4.79 Å². The van der Waals surface area contributed by atoms with Gasteiger partial charge in [0.15, 0.2) is 5.11 Å². The summed E-state index contributed by atoms with van der Waals surface area (Å²) < 4.78 is 0. The van der Waals surface area contributed by atoms with Gasteiger partial charge in [-0.2, -0.15) is 0 Å². The molecule has 1 aromatic carbocycles. The molecule has 0 aliphatic heterocycles. The highest BCUT2D eigenvalue weighted by atomic mass is 32.1. The lowest BCUT2D eigenvalue weighted by Gasteiger charge is -2.08. The summed E-state index contributed by atoms with van der Waals surface area (Å²) in [5.74, 6) is -0.976. The van der Waals surface area contributed by atoms with Crippen LogP contribution in [0.5, 0.6) is 0 Å². The van der Waals surface area contributed by atoms with Crippen LogP contribution in [0.2, 0.25) is 0 Å². The molecular formula is C9H10N2O2S. The number of rotatable bonds is 2. The van der Waals surface area contributed by atoms with Crippen molar-refractivity contribution in [1.29, 1.82) is 0 Å². The summed E-state index contributed by atoms with van der Waals surface area (Å²) in [4.78, 5) is 10.7. The molecule has 4 nitrogen and oxygen atoms in total. The zero-order valence-corrected chi connectivity index (χ0v) is 8.39. The molecule has 14 heavy (non-hydrogen) atoms. The van der Waals surface area contributed by atoms with Crippen LogP contribution in [0.25, 0.3) is 0 Å². The number of hydrogen-bond donors (Lipinski definition) is 3. The lowest BCUT2D eigenvalue weighted by molar-refractivity contribution is 0.0697. The van der Waals surface area contributed by atoms with E-state index in [4.69, 9.17) is 10.8 Å². The Bertz CT molecular complexity index is 390. The SMILES string of the molecule is Cc1ccc(C(=O)O)cc1NC(N)=S. The van der Waals surface area contributed by atoms with Crippen molar-refractivity contribution in [1.82, 2.24) is 0 Å². The summed E-state index contributed by atoms with van der Waals surface area (Å²) in [6.45, 7) is 1.84. The smallest absolute Gasteiger partial charge is 0.335 e. The number of hydrogen-bond acceptors (Lipinski definition) is 2. The highest BCUT2D eigenvalue weighted by molar-refractivity contribution is 7.80. The maximum Gasteiger partial charge on any atom is 0.335 e. The minimum absolute atomic E-state index is 0.121. The normalized spacial score (nSPS) is 9.50. The van der Waals surface area contributed by atoms with E-state index < -0.39 is 5.97 Å². The van der Waals surface area contributed by atoms with E-state index >= 15 is 0 Å². The van der Waals surface area contributed by atoms with Crippen LogP contribution in [0.1, 0.15) is 15.9 Å². The number of thiocarbonyl (C=S) groups is 1. The topological polar surface area (TPSA) is 75.3 Å². The van der Waals surface area contributed by atoms with E-state index in [1.54, 1.807) is 6.07 Å². The lowest BCUT2D eigenvalue weighted by Crippen LogP contribution is -2.19. The first-order valence-corrected chi connectivity index (χ1v) is 4.32. The Morgan fingerprint density at radius 2 is 2.21 bits per heavy atom. The first-order valence-electron chi connectivity index (χ1n) is 3.91. The Hall–Kier alpha value is -1.62. The number of carboxylic acids is 1. The molecule has 0 radical (unpaired) electrons. The first kappa shape index (κ1) is 10.5. The summed E-state index contributed by atoms with van der Waals surface area (Å²) in [6, 6.07) is 4.73. The van der Waals surface area contributed by atoms with Crippen molar-refractivity contribution in [2.24, 2.45) is 5.73 Å². The molecule has 0 atom stereocenters. The van der Waals surface area contributed by atoms with Crippen molar-refractivity contribution < 1.29 is 9.90 Å². The van der Waals surface area contributed by atoms with Crippen molar-refractivity contribution in [2.75, 3.05) is 5.32 Å². The van der Waals surface area contributed by atoms with E-state index in [0.29, 0.717) is 5.69 Å². The zero-order chi connectivity index (χ0) is 10.7. The molecule has 0 aliphatic rings. The first-order chi connectivity index (χ1) is 6.50. The number of carboxylic acid groups (broad SMARTS) is 1. The van der Waals surface area contributed by atoms with Crippen LogP contribution in [-0.2, 0) is 0 Å². The van der Waals surface area contributed by atoms with E-state index in [-0.39, 0.29) is 10.7 Å². The number of nitrogens with two attached hydrogens (primary N) is 1. The molecule has 0 bridgehead atoms. The van der Waals surface area contributed by atoms with Crippen molar-refractivity contribution in [3.05, 3.63) is 29.3 Å². The van der Waals surface area contributed by atoms with Gasteiger partial charge in [-0.3, -0.25) is 0 Å². The predicted molar refractivity (Wildman–Crippen MR) is 58.5 cm³/mol. The van der Waals surface area contributed by atoms with Gasteiger partial charge in [-0.1, -0.05) is 6.07 Å². The Kier molecular flexibility index (Phi) is 3.03. The monoisotopic (exact) mass is 210 g/mol. The van der Waals surface area contributed by atoms with Crippen molar-refractivity contribution in [3.63, 3.8) is 0 Å². The van der Waals surface area contributed by atoms with Crippen molar-refractivity contribution in [2.45, 2.75) is 6.92 Å². The average Bonchev–Trinajstić information content (AvgIpc) is 2.07. The fourth-order valence-electron chi connectivity index (χ4n) is 1.02. The molecular weight excluding hydrogens is 200 g/mol. The average molecular weight is 210 g/mol. The third kappa shape index (κ3) is 2.43. The summed E-state index contributed by atoms with van der Waals surface area (Å²) in [6.07, 6.45) is 0. The fourth-order valence-corrected chi connectivity index (χ4v) is 1.13. The molecule has 0 aromatic heterocycles.